The van der Waals surface area contributed by atoms with Crippen molar-refractivity contribution in [3.8, 4) is 21.6 Å². The van der Waals surface area contributed by atoms with Crippen LogP contribution in [0, 0.1) is 12.3 Å². The number of hydrogen-bond acceptors (Lipinski definition) is 11. The van der Waals surface area contributed by atoms with Crippen LogP contribution in [0.15, 0.2) is 54.3 Å². The highest BCUT2D eigenvalue weighted by Gasteiger charge is 2.45. The molecule has 18 nitrogen and oxygen atoms in total. The van der Waals surface area contributed by atoms with Gasteiger partial charge in [0.25, 0.3) is 6.43 Å². The van der Waals surface area contributed by atoms with Gasteiger partial charge in [-0.2, -0.15) is 10.2 Å². The van der Waals surface area contributed by atoms with Gasteiger partial charge >= 0.3 is 6.03 Å². The van der Waals surface area contributed by atoms with E-state index in [-0.39, 0.29) is 55.9 Å². The number of aliphatic hydroxyl groups is 1. The Morgan fingerprint density at radius 2 is 1.72 bits per heavy atom. The van der Waals surface area contributed by atoms with Crippen molar-refractivity contribution in [1.82, 2.24) is 55.2 Å². The standard InChI is InChI=1S/C53H66F2N12O6S/c1-31-46(74-30-58-31)33-11-9-32(10-12-33)25-57-50(71)43-23-37(68)28-66(43)51(72)47(53(2,3)4)60-44(69)13-14-45(70)63-19-15-36(16-20-63)67-41-17-21-64(52(73)56-5)29-40(41)49(61-67)65-18-7-8-34-22-38(35-26-59-62(6)27-35)39(48(54)55)24-42(34)65/h9-12,22,24,26-27,30,36-37,43,47-48,68H,7-8,13-21,23,25,28-29H2,1-6H3,(H,56,73)(H,57,71)(H,60,69)/t37-,43+,47-/m1/s1. The highest BCUT2D eigenvalue weighted by Crippen LogP contribution is 2.44. The third kappa shape index (κ3) is 10.9. The molecule has 3 aromatic heterocycles. The average molecular weight is 1040 g/mol. The van der Waals surface area contributed by atoms with Gasteiger partial charge in [-0.15, -0.1) is 11.3 Å². The first-order valence-corrected chi connectivity index (χ1v) is 26.4. The fourth-order valence-corrected chi connectivity index (χ4v) is 11.7. The maximum Gasteiger partial charge on any atom is 0.317 e. The molecule has 5 aromatic rings. The number of rotatable bonds is 13. The Bertz CT molecular complexity index is 2900. The van der Waals surface area contributed by atoms with Gasteiger partial charge < -0.3 is 40.7 Å². The molecule has 394 valence electrons. The summed E-state index contributed by atoms with van der Waals surface area (Å²) in [5.74, 6) is -0.919. The lowest BCUT2D eigenvalue weighted by atomic mass is 9.85. The predicted molar refractivity (Wildman–Crippen MR) is 275 cm³/mol. The van der Waals surface area contributed by atoms with Gasteiger partial charge in [0.15, 0.2) is 5.82 Å². The van der Waals surface area contributed by atoms with Crippen LogP contribution in [0.25, 0.3) is 21.6 Å². The predicted octanol–water partition coefficient (Wildman–Crippen LogP) is 6.19. The third-order valence-electron chi connectivity index (χ3n) is 14.9. The number of hydrogen-bond donors (Lipinski definition) is 4. The maximum atomic E-state index is 14.8. The zero-order valence-corrected chi connectivity index (χ0v) is 43.7. The Hall–Kier alpha value is -6.74. The van der Waals surface area contributed by atoms with Crippen molar-refractivity contribution in [2.24, 2.45) is 12.5 Å². The summed E-state index contributed by atoms with van der Waals surface area (Å²) in [5.41, 5.74) is 8.32. The number of halogens is 2. The van der Waals surface area contributed by atoms with Crippen LogP contribution < -0.4 is 20.9 Å². The third-order valence-corrected chi connectivity index (χ3v) is 15.9. The van der Waals surface area contributed by atoms with Crippen LogP contribution in [-0.2, 0) is 52.2 Å². The minimum Gasteiger partial charge on any atom is -0.391 e. The number of amides is 6. The van der Waals surface area contributed by atoms with Crippen molar-refractivity contribution in [3.05, 3.63) is 87.9 Å². The number of alkyl halides is 2. The summed E-state index contributed by atoms with van der Waals surface area (Å²) in [6.07, 6.45) is 2.70. The van der Waals surface area contributed by atoms with E-state index >= 15 is 0 Å². The molecule has 0 spiro atoms. The number of carbonyl (C=O) groups is 5. The van der Waals surface area contributed by atoms with E-state index in [0.29, 0.717) is 81.0 Å². The zero-order valence-electron chi connectivity index (χ0n) is 42.9. The second kappa shape index (κ2) is 21.6. The zero-order chi connectivity index (χ0) is 52.6. The van der Waals surface area contributed by atoms with Crippen molar-refractivity contribution < 1.29 is 37.9 Å². The van der Waals surface area contributed by atoms with E-state index in [1.54, 1.807) is 63.9 Å². The highest BCUT2D eigenvalue weighted by atomic mass is 32.1. The monoisotopic (exact) mass is 1040 g/mol. The van der Waals surface area contributed by atoms with Crippen molar-refractivity contribution in [2.75, 3.05) is 44.7 Å². The molecular formula is C53H66F2N12O6S. The van der Waals surface area contributed by atoms with Crippen LogP contribution in [0.2, 0.25) is 0 Å². The average Bonchev–Trinajstić information content (AvgIpc) is 4.21. The van der Waals surface area contributed by atoms with Gasteiger partial charge in [-0.3, -0.25) is 28.5 Å². The number of piperidine rings is 1. The molecule has 2 aromatic carbocycles. The Kier molecular flexibility index (Phi) is 15.2. The topological polar surface area (TPSA) is 203 Å². The van der Waals surface area contributed by atoms with E-state index in [1.165, 1.54) is 4.90 Å². The minimum atomic E-state index is -2.73. The number of β-amino-alcohol motifs (C(OH)–C–C–N with tert-alkyl or cyclic N) is 1. The molecule has 4 N–H and O–H groups in total. The Morgan fingerprint density at radius 1 is 0.959 bits per heavy atom. The Labute approximate surface area is 433 Å². The molecule has 4 aliphatic heterocycles. The molecule has 2 saturated heterocycles. The largest absolute Gasteiger partial charge is 0.391 e. The number of anilines is 2. The molecule has 74 heavy (non-hydrogen) atoms. The van der Waals surface area contributed by atoms with Crippen molar-refractivity contribution >= 4 is 52.5 Å². The van der Waals surface area contributed by atoms with Gasteiger partial charge in [-0.25, -0.2) is 18.6 Å². The van der Waals surface area contributed by atoms with Gasteiger partial charge in [0.2, 0.25) is 23.6 Å². The second-order valence-corrected chi connectivity index (χ2v) is 21.9. The van der Waals surface area contributed by atoms with Crippen molar-refractivity contribution in [2.45, 2.75) is 123 Å². The first-order chi connectivity index (χ1) is 35.4. The number of thiazole rings is 1. The van der Waals surface area contributed by atoms with Crippen LogP contribution >= 0.6 is 11.3 Å². The molecule has 0 saturated carbocycles. The molecule has 9 rings (SSSR count). The molecule has 0 bridgehead atoms. The lowest BCUT2D eigenvalue weighted by Crippen LogP contribution is -2.57. The van der Waals surface area contributed by atoms with E-state index in [1.807, 2.05) is 67.6 Å². The lowest BCUT2D eigenvalue weighted by molar-refractivity contribution is -0.144. The SMILES string of the molecule is CNC(=O)N1CCc2c(c(N3CCCc4cc(-c5cnn(C)c5)c(C(F)F)cc43)nn2C2CCN(C(=O)CCC(=O)N[C@H](C(=O)N3C[C@H](O)C[C@H]3C(=O)NCc3ccc(-c4scnc4C)cc3)C(C)(C)C)CC2)C1. The Morgan fingerprint density at radius 3 is 2.38 bits per heavy atom. The summed E-state index contributed by atoms with van der Waals surface area (Å²) < 4.78 is 33.3. The van der Waals surface area contributed by atoms with Gasteiger partial charge in [0.1, 0.15) is 12.1 Å². The maximum absolute atomic E-state index is 14.8. The highest BCUT2D eigenvalue weighted by molar-refractivity contribution is 7.13. The normalized spacial score (nSPS) is 18.6. The quantitative estimate of drug-likeness (QED) is 0.105. The van der Waals surface area contributed by atoms with Gasteiger partial charge in [0, 0.05) is 113 Å². The van der Waals surface area contributed by atoms with E-state index in [0.717, 1.165) is 44.9 Å². The summed E-state index contributed by atoms with van der Waals surface area (Å²) in [4.78, 5) is 80.4. The number of carbonyl (C=O) groups excluding carboxylic acids is 5. The van der Waals surface area contributed by atoms with Gasteiger partial charge in [0.05, 0.1) is 41.0 Å². The first-order valence-electron chi connectivity index (χ1n) is 25.5. The summed E-state index contributed by atoms with van der Waals surface area (Å²) in [5, 5.41) is 28.7. The number of benzene rings is 2. The van der Waals surface area contributed by atoms with Crippen molar-refractivity contribution in [3.63, 3.8) is 0 Å². The molecule has 21 heteroatoms. The number of fused-ring (bicyclic) bond motifs is 2. The molecule has 7 heterocycles. The second-order valence-electron chi connectivity index (χ2n) is 21.0. The van der Waals surface area contributed by atoms with E-state index in [4.69, 9.17) is 5.10 Å². The summed E-state index contributed by atoms with van der Waals surface area (Å²) in [7, 11) is 3.35. The number of aromatic nitrogens is 5. The minimum absolute atomic E-state index is 0.0590. The van der Waals surface area contributed by atoms with Gasteiger partial charge in [-0.05, 0) is 72.4 Å². The molecule has 4 aliphatic rings. The smallest absolute Gasteiger partial charge is 0.317 e. The summed E-state index contributed by atoms with van der Waals surface area (Å²) in [6.45, 7) is 9.74. The number of nitrogens with one attached hydrogen (secondary N) is 3. The molecule has 2 fully saturated rings. The van der Waals surface area contributed by atoms with E-state index < -0.39 is 47.7 Å². The molecular weight excluding hydrogens is 971 g/mol. The number of nitrogens with zero attached hydrogens (tertiary/aromatic N) is 9. The van der Waals surface area contributed by atoms with Crippen LogP contribution in [-0.4, -0.2) is 132 Å². The number of aryl methyl sites for hydroxylation is 3. The first kappa shape index (κ1) is 52.1. The van der Waals surface area contributed by atoms with Crippen molar-refractivity contribution in [1.29, 1.82) is 0 Å². The molecule has 0 unspecified atom stereocenters. The number of urea groups is 1. The van der Waals surface area contributed by atoms with Crippen LogP contribution in [0.5, 0.6) is 0 Å². The molecule has 6 amide bonds. The molecule has 0 aliphatic carbocycles. The van der Waals surface area contributed by atoms with E-state index in [9.17, 15) is 37.9 Å². The van der Waals surface area contributed by atoms with Crippen LogP contribution in [0.4, 0.5) is 25.1 Å². The Balaban J connectivity index is 0.830. The number of aliphatic hydroxyl groups excluding tert-OH is 1. The van der Waals surface area contributed by atoms with Gasteiger partial charge in [-0.1, -0.05) is 45.0 Å². The summed E-state index contributed by atoms with van der Waals surface area (Å²) >= 11 is 1.56. The lowest BCUT2D eigenvalue weighted by Gasteiger charge is -2.35. The summed E-state index contributed by atoms with van der Waals surface area (Å²) in [6, 6.07) is 8.99. The van der Waals surface area contributed by atoms with Crippen LogP contribution in [0.3, 0.4) is 0 Å². The number of likely N-dealkylation sites (tertiary alicyclic amines) is 2. The molecule has 3 atom stereocenters. The van der Waals surface area contributed by atoms with E-state index in [2.05, 4.69) is 26.0 Å². The fraction of sp³-hybridized carbons (Fsp3) is 0.509. The fourth-order valence-electron chi connectivity index (χ4n) is 10.9. The molecule has 0 radical (unpaired) electrons. The van der Waals surface area contributed by atoms with Crippen LogP contribution in [0.1, 0.15) is 105 Å².